The summed E-state index contributed by atoms with van der Waals surface area (Å²) in [6.07, 6.45) is 4.56. The van der Waals surface area contributed by atoms with Crippen molar-refractivity contribution >= 4 is 23.2 Å². The predicted octanol–water partition coefficient (Wildman–Crippen LogP) is 4.46. The number of halogens is 3. The highest BCUT2D eigenvalue weighted by Gasteiger charge is 2.26. The van der Waals surface area contributed by atoms with Gasteiger partial charge in [-0.3, -0.25) is 4.90 Å². The first kappa shape index (κ1) is 14.1. The van der Waals surface area contributed by atoms with E-state index in [1.54, 1.807) is 12.1 Å². The number of hydrogen-bond donors (Lipinski definition) is 0. The smallest absolute Gasteiger partial charge is 0.129 e. The van der Waals surface area contributed by atoms with Gasteiger partial charge < -0.3 is 0 Å². The van der Waals surface area contributed by atoms with Crippen molar-refractivity contribution in [3.8, 4) is 0 Å². The van der Waals surface area contributed by atoms with Crippen LogP contribution in [0.2, 0.25) is 5.02 Å². The van der Waals surface area contributed by atoms with E-state index in [1.807, 2.05) is 7.05 Å². The van der Waals surface area contributed by atoms with Crippen LogP contribution >= 0.6 is 23.2 Å². The number of hydrogen-bond acceptors (Lipinski definition) is 1. The highest BCUT2D eigenvalue weighted by Crippen LogP contribution is 2.28. The molecule has 1 fully saturated rings. The zero-order valence-corrected chi connectivity index (χ0v) is 12.0. The normalized spacial score (nSPS) is 24.5. The summed E-state index contributed by atoms with van der Waals surface area (Å²) in [7, 11) is 2.01. The van der Waals surface area contributed by atoms with Gasteiger partial charge in [-0.1, -0.05) is 30.5 Å². The first-order chi connectivity index (χ1) is 8.58. The van der Waals surface area contributed by atoms with Gasteiger partial charge >= 0.3 is 0 Å². The van der Waals surface area contributed by atoms with Crippen molar-refractivity contribution in [1.82, 2.24) is 4.90 Å². The van der Waals surface area contributed by atoms with Gasteiger partial charge in [-0.15, -0.1) is 11.6 Å². The van der Waals surface area contributed by atoms with E-state index in [-0.39, 0.29) is 11.2 Å². The molecule has 4 heteroatoms. The third-order valence-corrected chi connectivity index (χ3v) is 4.39. The van der Waals surface area contributed by atoms with E-state index in [2.05, 4.69) is 4.90 Å². The summed E-state index contributed by atoms with van der Waals surface area (Å²) in [5.41, 5.74) is 0.677. The topological polar surface area (TPSA) is 3.24 Å². The second-order valence-corrected chi connectivity index (χ2v) is 6.02. The van der Waals surface area contributed by atoms with Crippen LogP contribution in [0.25, 0.3) is 0 Å². The van der Waals surface area contributed by atoms with Crippen molar-refractivity contribution in [2.45, 2.75) is 43.6 Å². The molecule has 0 heterocycles. The van der Waals surface area contributed by atoms with Crippen molar-refractivity contribution < 1.29 is 4.39 Å². The minimum absolute atomic E-state index is 0.180. The van der Waals surface area contributed by atoms with Crippen LogP contribution in [0, 0.1) is 5.82 Å². The average molecular weight is 290 g/mol. The second-order valence-electron chi connectivity index (χ2n) is 5.02. The lowest BCUT2D eigenvalue weighted by molar-refractivity contribution is 0.186. The zero-order chi connectivity index (χ0) is 13.1. The lowest BCUT2D eigenvalue weighted by atomic mass is 9.93. The van der Waals surface area contributed by atoms with E-state index in [0.717, 1.165) is 12.8 Å². The third-order valence-electron chi connectivity index (χ3n) is 3.65. The Morgan fingerprint density at radius 1 is 1.33 bits per heavy atom. The number of nitrogens with zero attached hydrogens (tertiary/aromatic N) is 1. The van der Waals surface area contributed by atoms with E-state index in [0.29, 0.717) is 23.2 Å². The minimum Gasteiger partial charge on any atom is -0.298 e. The first-order valence-electron chi connectivity index (χ1n) is 6.36. The molecule has 1 nitrogen and oxygen atoms in total. The fraction of sp³-hybridized carbons (Fsp3) is 0.571. The summed E-state index contributed by atoms with van der Waals surface area (Å²) in [5, 5.41) is 0.617. The Hall–Kier alpha value is -0.310. The van der Waals surface area contributed by atoms with Gasteiger partial charge in [-0.2, -0.15) is 0 Å². The molecular formula is C14H18Cl2FN. The molecule has 0 amide bonds. The molecule has 0 spiro atoms. The average Bonchev–Trinajstić information content (AvgIpc) is 2.33. The van der Waals surface area contributed by atoms with E-state index >= 15 is 0 Å². The third kappa shape index (κ3) is 3.37. The second kappa shape index (κ2) is 6.23. The van der Waals surface area contributed by atoms with Crippen LogP contribution in [0.15, 0.2) is 18.2 Å². The van der Waals surface area contributed by atoms with Crippen LogP contribution in [0.1, 0.15) is 31.2 Å². The van der Waals surface area contributed by atoms with Crippen molar-refractivity contribution in [2.75, 3.05) is 7.05 Å². The first-order valence-corrected chi connectivity index (χ1v) is 7.17. The lowest BCUT2D eigenvalue weighted by Gasteiger charge is -2.35. The van der Waals surface area contributed by atoms with Crippen LogP contribution < -0.4 is 0 Å². The Labute approximate surface area is 118 Å². The van der Waals surface area contributed by atoms with E-state index in [4.69, 9.17) is 23.2 Å². The molecule has 0 aromatic heterocycles. The molecule has 1 aromatic rings. The molecule has 18 heavy (non-hydrogen) atoms. The maximum Gasteiger partial charge on any atom is 0.129 e. The Balaban J connectivity index is 2.03. The van der Waals surface area contributed by atoms with E-state index in [1.165, 1.54) is 18.9 Å². The Kier molecular flexibility index (Phi) is 4.88. The van der Waals surface area contributed by atoms with Gasteiger partial charge in [-0.25, -0.2) is 4.39 Å². The number of benzene rings is 1. The molecule has 2 unspecified atom stereocenters. The summed E-state index contributed by atoms with van der Waals surface area (Å²) in [4.78, 5) is 2.16. The van der Waals surface area contributed by atoms with E-state index in [9.17, 15) is 4.39 Å². The molecule has 1 saturated carbocycles. The van der Waals surface area contributed by atoms with Gasteiger partial charge in [0.1, 0.15) is 5.82 Å². The zero-order valence-electron chi connectivity index (χ0n) is 10.5. The highest BCUT2D eigenvalue weighted by molar-refractivity contribution is 6.30. The SMILES string of the molecule is CN(Cc1ccc(Cl)cc1F)C1CCCCC1Cl. The van der Waals surface area contributed by atoms with Crippen LogP contribution in [-0.4, -0.2) is 23.4 Å². The molecule has 100 valence electrons. The monoisotopic (exact) mass is 289 g/mol. The molecule has 2 rings (SSSR count). The molecule has 2 atom stereocenters. The summed E-state index contributed by atoms with van der Waals surface area (Å²) >= 11 is 12.1. The van der Waals surface area contributed by atoms with Crippen LogP contribution in [0.3, 0.4) is 0 Å². The maximum atomic E-state index is 13.7. The Bertz CT molecular complexity index is 411. The Morgan fingerprint density at radius 2 is 2.06 bits per heavy atom. The van der Waals surface area contributed by atoms with Gasteiger partial charge in [0, 0.05) is 28.5 Å². The van der Waals surface area contributed by atoms with Crippen LogP contribution in [0.5, 0.6) is 0 Å². The van der Waals surface area contributed by atoms with E-state index < -0.39 is 0 Å². The molecule has 0 N–H and O–H groups in total. The Morgan fingerprint density at radius 3 is 2.72 bits per heavy atom. The summed E-state index contributed by atoms with van der Waals surface area (Å²) in [6, 6.07) is 5.19. The predicted molar refractivity (Wildman–Crippen MR) is 74.8 cm³/mol. The molecule has 0 bridgehead atoms. The molecule has 0 saturated heterocycles. The number of alkyl halides is 1. The minimum atomic E-state index is -0.240. The molecular weight excluding hydrogens is 272 g/mol. The highest BCUT2D eigenvalue weighted by atomic mass is 35.5. The fourth-order valence-corrected chi connectivity index (χ4v) is 3.23. The summed E-state index contributed by atoms with van der Waals surface area (Å²) in [6.45, 7) is 0.580. The van der Waals surface area contributed by atoms with Crippen molar-refractivity contribution in [2.24, 2.45) is 0 Å². The molecule has 1 aliphatic carbocycles. The molecule has 0 radical (unpaired) electrons. The largest absolute Gasteiger partial charge is 0.298 e. The van der Waals surface area contributed by atoms with Crippen molar-refractivity contribution in [3.05, 3.63) is 34.6 Å². The number of rotatable bonds is 3. The van der Waals surface area contributed by atoms with Gasteiger partial charge in [0.2, 0.25) is 0 Å². The van der Waals surface area contributed by atoms with Gasteiger partial charge in [0.25, 0.3) is 0 Å². The standard InChI is InChI=1S/C14H18Cl2FN/c1-18(14-5-3-2-4-12(14)16)9-10-6-7-11(15)8-13(10)17/h6-8,12,14H,2-5,9H2,1H3. The van der Waals surface area contributed by atoms with Crippen molar-refractivity contribution in [1.29, 1.82) is 0 Å². The quantitative estimate of drug-likeness (QED) is 0.743. The molecule has 1 aromatic carbocycles. The lowest BCUT2D eigenvalue weighted by Crippen LogP contribution is -2.40. The summed E-state index contributed by atoms with van der Waals surface area (Å²) < 4.78 is 13.7. The summed E-state index contributed by atoms with van der Waals surface area (Å²) in [5.74, 6) is -0.240. The van der Waals surface area contributed by atoms with Crippen molar-refractivity contribution in [3.63, 3.8) is 0 Å². The van der Waals surface area contributed by atoms with Gasteiger partial charge in [0.15, 0.2) is 0 Å². The van der Waals surface area contributed by atoms with Crippen LogP contribution in [-0.2, 0) is 6.54 Å². The van der Waals surface area contributed by atoms with Crippen LogP contribution in [0.4, 0.5) is 4.39 Å². The fourth-order valence-electron chi connectivity index (χ4n) is 2.60. The molecule has 1 aliphatic rings. The molecule has 0 aliphatic heterocycles. The van der Waals surface area contributed by atoms with Gasteiger partial charge in [-0.05, 0) is 32.0 Å². The van der Waals surface area contributed by atoms with Gasteiger partial charge in [0.05, 0.1) is 0 Å². The maximum absolute atomic E-state index is 13.7.